The summed E-state index contributed by atoms with van der Waals surface area (Å²) in [5.41, 5.74) is 0.844. The van der Waals surface area contributed by atoms with Crippen LogP contribution in [0.3, 0.4) is 0 Å². The minimum atomic E-state index is -0.336. The first-order valence-corrected chi connectivity index (χ1v) is 8.18. The molecular formula is C17H18N4O4. The van der Waals surface area contributed by atoms with E-state index in [2.05, 4.69) is 20.8 Å². The van der Waals surface area contributed by atoms with Gasteiger partial charge in [0.25, 0.3) is 5.91 Å². The molecule has 1 atom stereocenters. The van der Waals surface area contributed by atoms with Crippen molar-refractivity contribution in [2.45, 2.75) is 18.9 Å². The Kier molecular flexibility index (Phi) is 4.34. The molecule has 1 aromatic carbocycles. The summed E-state index contributed by atoms with van der Waals surface area (Å²) in [4.78, 5) is 12.3. The van der Waals surface area contributed by atoms with E-state index in [0.29, 0.717) is 29.5 Å². The van der Waals surface area contributed by atoms with Crippen molar-refractivity contribution in [2.24, 2.45) is 0 Å². The molecule has 1 saturated heterocycles. The molecule has 0 saturated carbocycles. The summed E-state index contributed by atoms with van der Waals surface area (Å²) >= 11 is 0. The highest BCUT2D eigenvalue weighted by atomic mass is 16.7. The number of ether oxygens (including phenoxy) is 3. The number of carbonyl (C=O) groups is 1. The van der Waals surface area contributed by atoms with Crippen molar-refractivity contribution in [3.05, 3.63) is 36.0 Å². The first-order valence-electron chi connectivity index (χ1n) is 8.18. The molecular weight excluding hydrogens is 324 g/mol. The quantitative estimate of drug-likeness (QED) is 0.858. The van der Waals surface area contributed by atoms with Crippen molar-refractivity contribution in [3.8, 4) is 11.5 Å². The number of anilines is 2. The SMILES string of the molecule is O=C(Nc1ccc2c(c1)OCO2)c1ccc(NCC2CCCO2)nn1. The zero-order chi connectivity index (χ0) is 17.1. The number of rotatable bonds is 5. The van der Waals surface area contributed by atoms with E-state index in [0.717, 1.165) is 19.4 Å². The molecule has 0 radical (unpaired) electrons. The van der Waals surface area contributed by atoms with Crippen molar-refractivity contribution in [2.75, 3.05) is 30.6 Å². The average molecular weight is 342 g/mol. The Bertz CT molecular complexity index is 760. The van der Waals surface area contributed by atoms with E-state index in [1.165, 1.54) is 0 Å². The lowest BCUT2D eigenvalue weighted by Gasteiger charge is -2.11. The molecule has 0 spiro atoms. The number of nitrogens with one attached hydrogen (secondary N) is 2. The van der Waals surface area contributed by atoms with E-state index in [1.54, 1.807) is 30.3 Å². The fraction of sp³-hybridized carbons (Fsp3) is 0.353. The van der Waals surface area contributed by atoms with Crippen LogP contribution >= 0.6 is 0 Å². The van der Waals surface area contributed by atoms with Gasteiger partial charge in [-0.1, -0.05) is 0 Å². The van der Waals surface area contributed by atoms with E-state index < -0.39 is 0 Å². The summed E-state index contributed by atoms with van der Waals surface area (Å²) in [6, 6.07) is 8.58. The third-order valence-corrected chi connectivity index (χ3v) is 4.06. The monoisotopic (exact) mass is 342 g/mol. The predicted molar refractivity (Wildman–Crippen MR) is 90.0 cm³/mol. The van der Waals surface area contributed by atoms with E-state index in [-0.39, 0.29) is 24.5 Å². The Hall–Kier alpha value is -2.87. The number of hydrogen-bond acceptors (Lipinski definition) is 7. The fourth-order valence-corrected chi connectivity index (χ4v) is 2.74. The summed E-state index contributed by atoms with van der Waals surface area (Å²) in [6.07, 6.45) is 2.36. The highest BCUT2D eigenvalue weighted by molar-refractivity contribution is 6.02. The minimum Gasteiger partial charge on any atom is -0.454 e. The van der Waals surface area contributed by atoms with Crippen LogP contribution in [0.15, 0.2) is 30.3 Å². The largest absolute Gasteiger partial charge is 0.454 e. The van der Waals surface area contributed by atoms with Crippen LogP contribution in [0.5, 0.6) is 11.5 Å². The second-order valence-corrected chi connectivity index (χ2v) is 5.84. The smallest absolute Gasteiger partial charge is 0.276 e. The van der Waals surface area contributed by atoms with E-state index >= 15 is 0 Å². The van der Waals surface area contributed by atoms with Crippen molar-refractivity contribution < 1.29 is 19.0 Å². The predicted octanol–water partition coefficient (Wildman–Crippen LogP) is 2.05. The van der Waals surface area contributed by atoms with Gasteiger partial charge in [-0.3, -0.25) is 4.79 Å². The topological polar surface area (TPSA) is 94.6 Å². The molecule has 0 bridgehead atoms. The Morgan fingerprint density at radius 3 is 2.88 bits per heavy atom. The van der Waals surface area contributed by atoms with Crippen LogP contribution in [0.25, 0.3) is 0 Å². The Morgan fingerprint density at radius 2 is 2.08 bits per heavy atom. The molecule has 130 valence electrons. The molecule has 8 nitrogen and oxygen atoms in total. The number of fused-ring (bicyclic) bond motifs is 1. The van der Waals surface area contributed by atoms with Crippen LogP contribution in [0, 0.1) is 0 Å². The lowest BCUT2D eigenvalue weighted by Crippen LogP contribution is -2.20. The third-order valence-electron chi connectivity index (χ3n) is 4.06. The summed E-state index contributed by atoms with van der Waals surface area (Å²) in [5.74, 6) is 1.56. The number of carbonyl (C=O) groups excluding carboxylic acids is 1. The minimum absolute atomic E-state index is 0.193. The molecule has 1 amide bonds. The molecule has 1 unspecified atom stereocenters. The normalized spacial score (nSPS) is 18.2. The number of aromatic nitrogens is 2. The Balaban J connectivity index is 1.35. The van der Waals surface area contributed by atoms with Gasteiger partial charge in [0.1, 0.15) is 5.82 Å². The van der Waals surface area contributed by atoms with Gasteiger partial charge >= 0.3 is 0 Å². The second-order valence-electron chi connectivity index (χ2n) is 5.84. The van der Waals surface area contributed by atoms with Crippen LogP contribution < -0.4 is 20.1 Å². The van der Waals surface area contributed by atoms with E-state index in [9.17, 15) is 4.79 Å². The van der Waals surface area contributed by atoms with Gasteiger partial charge in [-0.15, -0.1) is 10.2 Å². The molecule has 2 aliphatic rings. The number of hydrogen-bond donors (Lipinski definition) is 2. The molecule has 3 heterocycles. The van der Waals surface area contributed by atoms with Gasteiger partial charge in [-0.05, 0) is 37.1 Å². The van der Waals surface area contributed by atoms with E-state index in [1.807, 2.05) is 0 Å². The third kappa shape index (κ3) is 3.63. The second kappa shape index (κ2) is 6.94. The zero-order valence-corrected chi connectivity index (χ0v) is 13.5. The van der Waals surface area contributed by atoms with Crippen LogP contribution in [-0.2, 0) is 4.74 Å². The summed E-state index contributed by atoms with van der Waals surface area (Å²) in [6.45, 7) is 1.70. The van der Waals surface area contributed by atoms with Crippen molar-refractivity contribution in [1.29, 1.82) is 0 Å². The van der Waals surface area contributed by atoms with Crippen molar-refractivity contribution in [3.63, 3.8) is 0 Å². The lowest BCUT2D eigenvalue weighted by atomic mass is 10.2. The molecule has 4 rings (SSSR count). The fourth-order valence-electron chi connectivity index (χ4n) is 2.74. The summed E-state index contributed by atoms with van der Waals surface area (Å²) in [7, 11) is 0. The first-order chi connectivity index (χ1) is 12.3. The van der Waals surface area contributed by atoms with Crippen LogP contribution in [-0.4, -0.2) is 42.2 Å². The average Bonchev–Trinajstić information content (AvgIpc) is 3.31. The molecule has 0 aliphatic carbocycles. The van der Waals surface area contributed by atoms with Gasteiger partial charge < -0.3 is 24.8 Å². The number of amides is 1. The molecule has 1 aromatic heterocycles. The molecule has 2 aliphatic heterocycles. The van der Waals surface area contributed by atoms with Gasteiger partial charge in [0.2, 0.25) is 6.79 Å². The number of nitrogens with zero attached hydrogens (tertiary/aromatic N) is 2. The van der Waals surface area contributed by atoms with Crippen LogP contribution in [0.4, 0.5) is 11.5 Å². The van der Waals surface area contributed by atoms with Gasteiger partial charge in [-0.2, -0.15) is 0 Å². The molecule has 1 fully saturated rings. The van der Waals surface area contributed by atoms with Gasteiger partial charge in [0.15, 0.2) is 17.2 Å². The van der Waals surface area contributed by atoms with Gasteiger partial charge in [0, 0.05) is 24.9 Å². The summed E-state index contributed by atoms with van der Waals surface area (Å²) in [5, 5.41) is 13.9. The Morgan fingerprint density at radius 1 is 1.16 bits per heavy atom. The van der Waals surface area contributed by atoms with Crippen molar-refractivity contribution >= 4 is 17.4 Å². The zero-order valence-electron chi connectivity index (χ0n) is 13.5. The standard InChI is InChI=1S/C17H18N4O4/c22-17(19-11-3-5-14-15(8-11)25-10-24-14)13-4-6-16(21-20-13)18-9-12-2-1-7-23-12/h3-6,8,12H,1-2,7,9-10H2,(H,18,21)(H,19,22). The highest BCUT2D eigenvalue weighted by Gasteiger charge is 2.17. The Labute approximate surface area is 144 Å². The van der Waals surface area contributed by atoms with Gasteiger partial charge in [0.05, 0.1) is 6.10 Å². The first kappa shape index (κ1) is 15.6. The van der Waals surface area contributed by atoms with Crippen molar-refractivity contribution in [1.82, 2.24) is 10.2 Å². The number of benzene rings is 1. The van der Waals surface area contributed by atoms with Crippen LogP contribution in [0.2, 0.25) is 0 Å². The van der Waals surface area contributed by atoms with Crippen LogP contribution in [0.1, 0.15) is 23.3 Å². The van der Waals surface area contributed by atoms with Gasteiger partial charge in [-0.25, -0.2) is 0 Å². The molecule has 2 N–H and O–H groups in total. The lowest BCUT2D eigenvalue weighted by molar-refractivity contribution is 0.102. The molecule has 2 aromatic rings. The molecule has 25 heavy (non-hydrogen) atoms. The molecule has 8 heteroatoms. The maximum absolute atomic E-state index is 12.3. The van der Waals surface area contributed by atoms with E-state index in [4.69, 9.17) is 14.2 Å². The maximum atomic E-state index is 12.3. The summed E-state index contributed by atoms with van der Waals surface area (Å²) < 4.78 is 16.1. The maximum Gasteiger partial charge on any atom is 0.276 e. The highest BCUT2D eigenvalue weighted by Crippen LogP contribution is 2.34.